The number of aliphatic hydroxyl groups is 2. The van der Waals surface area contributed by atoms with E-state index in [4.69, 9.17) is 16.6 Å². The minimum absolute atomic E-state index is 0.0480. The normalized spacial score (nSPS) is 14.9. The van der Waals surface area contributed by atoms with Crippen molar-refractivity contribution in [2.24, 2.45) is 0 Å². The fourth-order valence-electron chi connectivity index (χ4n) is 9.10. The van der Waals surface area contributed by atoms with Crippen molar-refractivity contribution in [1.29, 1.82) is 0 Å². The SMILES string of the molecule is CC1(O)CCNCC1.Cc1cc(-c2ccc(C(=O)N3CCC(C)(O)CC3)cn2)cc2cc(CCC(=O)/C=C/c3ccc(N)nc3)sc12.Cc1cc(-c2ccc(C(=O)O)cn2)cc2cc(CCC(=O)/C=C/c3ccc(N)nc3)sc12. The molecule has 408 valence electrons. The number of amides is 1. The van der Waals surface area contributed by atoms with Crippen molar-refractivity contribution in [3.8, 4) is 22.5 Å². The molecule has 6 aromatic heterocycles. The number of carboxylic acids is 1. The topological polar surface area (TPSA) is 248 Å². The molecule has 8 aromatic rings. The molecule has 1 amide bonds. The van der Waals surface area contributed by atoms with Crippen LogP contribution in [-0.4, -0.2) is 101 Å². The van der Waals surface area contributed by atoms with Gasteiger partial charge in [0.05, 0.1) is 33.7 Å². The summed E-state index contributed by atoms with van der Waals surface area (Å²) >= 11 is 3.41. The van der Waals surface area contributed by atoms with E-state index in [-0.39, 0.29) is 28.6 Å². The number of rotatable bonds is 14. The summed E-state index contributed by atoms with van der Waals surface area (Å²) in [5.41, 5.74) is 18.2. The summed E-state index contributed by atoms with van der Waals surface area (Å²) in [7, 11) is 0. The monoisotopic (exact) mass is 1100 g/mol. The molecular weight excluding hydrogens is 1030 g/mol. The summed E-state index contributed by atoms with van der Waals surface area (Å²) in [6, 6.07) is 26.7. The van der Waals surface area contributed by atoms with Crippen molar-refractivity contribution >= 4 is 90.1 Å². The third kappa shape index (κ3) is 16.1. The molecule has 10 rings (SSSR count). The number of carbonyl (C=O) groups excluding carboxylic acids is 3. The highest BCUT2D eigenvalue weighted by molar-refractivity contribution is 7.19. The molecule has 0 bridgehead atoms. The van der Waals surface area contributed by atoms with Gasteiger partial charge in [-0.3, -0.25) is 24.4 Å². The molecule has 2 aromatic carbocycles. The fraction of sp³-hybridized carbons (Fsp3) is 0.290. The number of aryl methyl sites for hydroxylation is 4. The number of benzene rings is 2. The van der Waals surface area contributed by atoms with Gasteiger partial charge in [0.1, 0.15) is 11.6 Å². The van der Waals surface area contributed by atoms with Gasteiger partial charge in [-0.15, -0.1) is 22.7 Å². The average Bonchev–Trinajstić information content (AvgIpc) is 4.11. The van der Waals surface area contributed by atoms with Gasteiger partial charge in [0.2, 0.25) is 0 Å². The molecule has 2 fully saturated rings. The molecule has 0 radical (unpaired) electrons. The lowest BCUT2D eigenvalue weighted by molar-refractivity contribution is -0.115. The van der Waals surface area contributed by atoms with E-state index < -0.39 is 11.6 Å². The molecule has 2 aliphatic rings. The number of nitrogens with zero attached hydrogens (tertiary/aromatic N) is 5. The molecule has 0 aliphatic carbocycles. The average molecular weight is 1100 g/mol. The number of pyridine rings is 4. The first kappa shape index (κ1) is 57.4. The van der Waals surface area contributed by atoms with Gasteiger partial charge in [0, 0.05) is 81.0 Å². The quantitative estimate of drug-likeness (QED) is 0.0555. The Morgan fingerprint density at radius 3 is 1.46 bits per heavy atom. The van der Waals surface area contributed by atoms with Crippen LogP contribution in [0.15, 0.2) is 122 Å². The van der Waals surface area contributed by atoms with E-state index >= 15 is 0 Å². The van der Waals surface area contributed by atoms with Crippen molar-refractivity contribution in [2.75, 3.05) is 37.6 Å². The van der Waals surface area contributed by atoms with Gasteiger partial charge < -0.3 is 37.0 Å². The number of ketones is 2. The number of nitrogens with one attached hydrogen (secondary N) is 1. The number of likely N-dealkylation sites (tertiary alicyclic amines) is 1. The van der Waals surface area contributed by atoms with Crippen LogP contribution >= 0.6 is 22.7 Å². The van der Waals surface area contributed by atoms with Crippen LogP contribution in [0.25, 0.3) is 54.8 Å². The number of allylic oxidation sites excluding steroid dienone is 2. The number of carboxylic acid groups (broad SMARTS) is 1. The lowest BCUT2D eigenvalue weighted by Crippen LogP contribution is -2.45. The largest absolute Gasteiger partial charge is 0.478 e. The summed E-state index contributed by atoms with van der Waals surface area (Å²) in [6.07, 6.45) is 18.1. The second kappa shape index (κ2) is 25.8. The number of thiophene rings is 2. The fourth-order valence-corrected chi connectivity index (χ4v) is 11.3. The van der Waals surface area contributed by atoms with Crippen LogP contribution in [-0.2, 0) is 22.4 Å². The lowest BCUT2D eigenvalue weighted by atomic mass is 9.93. The van der Waals surface area contributed by atoms with Crippen molar-refractivity contribution in [2.45, 2.75) is 90.3 Å². The number of anilines is 2. The molecule has 0 saturated carbocycles. The van der Waals surface area contributed by atoms with E-state index in [9.17, 15) is 29.4 Å². The maximum absolute atomic E-state index is 12.9. The number of carbonyl (C=O) groups is 4. The lowest BCUT2D eigenvalue weighted by Gasteiger charge is -2.35. The summed E-state index contributed by atoms with van der Waals surface area (Å²) in [4.78, 5) is 69.7. The van der Waals surface area contributed by atoms with E-state index in [1.807, 2.05) is 45.0 Å². The number of hydrogen-bond acceptors (Lipinski definition) is 15. The molecule has 15 nitrogen and oxygen atoms in total. The molecular formula is C62H66N8O7S2. The maximum atomic E-state index is 12.9. The van der Waals surface area contributed by atoms with Crippen LogP contribution in [0.2, 0.25) is 0 Å². The van der Waals surface area contributed by atoms with E-state index in [1.165, 1.54) is 15.6 Å². The molecule has 79 heavy (non-hydrogen) atoms. The Morgan fingerprint density at radius 1 is 0.608 bits per heavy atom. The number of piperidine rings is 2. The Labute approximate surface area is 467 Å². The number of nitrogens with two attached hydrogens (primary N) is 2. The van der Waals surface area contributed by atoms with Gasteiger partial charge in [0.15, 0.2) is 11.6 Å². The predicted octanol–water partition coefficient (Wildman–Crippen LogP) is 10.7. The molecule has 17 heteroatoms. The third-order valence-corrected chi connectivity index (χ3v) is 16.6. The molecule has 8 heterocycles. The van der Waals surface area contributed by atoms with Gasteiger partial charge >= 0.3 is 5.97 Å². The first-order valence-electron chi connectivity index (χ1n) is 26.3. The van der Waals surface area contributed by atoms with Crippen molar-refractivity contribution in [3.63, 3.8) is 0 Å². The standard InChI is InChI=1S/C31H32N4O3S.C25H21N3O3S.C6H13NO/c1-20-15-23(27-9-5-22(19-33-27)30(37)35-13-11-31(2,38)12-14-35)16-24-17-26(39-29(20)24)8-7-25(36)6-3-21-4-10-28(32)34-18-21;1-15-10-18(22-8-4-17(14-27-22)25(30)31)11-19-12-21(32-24(15)19)7-6-20(29)5-2-16-3-9-23(26)28-13-16;1-6(8)2-4-7-5-3-6/h3-6,9-10,15-19,38H,7-8,11-14H2,1-2H3,(H2,32,34);2-5,8-14H,6-7H2,1H3,(H2,26,28)(H,30,31);7-8H,2-5H2,1H3/b6-3+;5-2+;. The maximum Gasteiger partial charge on any atom is 0.337 e. The van der Waals surface area contributed by atoms with Crippen molar-refractivity contribution < 1.29 is 34.5 Å². The Bertz CT molecular complexity index is 3500. The molecule has 0 spiro atoms. The van der Waals surface area contributed by atoms with E-state index in [2.05, 4.69) is 68.6 Å². The first-order chi connectivity index (χ1) is 37.8. The highest BCUT2D eigenvalue weighted by Crippen LogP contribution is 2.35. The predicted molar refractivity (Wildman–Crippen MR) is 317 cm³/mol. The first-order valence-corrected chi connectivity index (χ1v) is 27.9. The zero-order valence-electron chi connectivity index (χ0n) is 44.9. The van der Waals surface area contributed by atoms with Crippen LogP contribution < -0.4 is 16.8 Å². The van der Waals surface area contributed by atoms with Crippen LogP contribution in [0.3, 0.4) is 0 Å². The van der Waals surface area contributed by atoms with Crippen molar-refractivity contribution in [1.82, 2.24) is 30.2 Å². The number of nitrogen functional groups attached to an aromatic ring is 2. The zero-order valence-corrected chi connectivity index (χ0v) is 46.5. The molecule has 2 aliphatic heterocycles. The summed E-state index contributed by atoms with van der Waals surface area (Å²) < 4.78 is 2.39. The third-order valence-electron chi connectivity index (χ3n) is 13.9. The van der Waals surface area contributed by atoms with Gasteiger partial charge in [0.25, 0.3) is 5.91 Å². The second-order valence-electron chi connectivity index (χ2n) is 20.7. The molecule has 2 saturated heterocycles. The second-order valence-corrected chi connectivity index (χ2v) is 23.0. The van der Waals surface area contributed by atoms with Crippen LogP contribution in [0.4, 0.5) is 11.6 Å². The highest BCUT2D eigenvalue weighted by atomic mass is 32.1. The molecule has 0 unspecified atom stereocenters. The van der Waals surface area contributed by atoms with E-state index in [1.54, 1.807) is 94.7 Å². The number of aromatic carboxylic acids is 1. The molecule has 0 atom stereocenters. The summed E-state index contributed by atoms with van der Waals surface area (Å²) in [5, 5.41) is 33.9. The zero-order chi connectivity index (χ0) is 56.3. The number of hydrogen-bond donors (Lipinski definition) is 6. The van der Waals surface area contributed by atoms with Crippen LogP contribution in [0.1, 0.15) is 105 Å². The van der Waals surface area contributed by atoms with E-state index in [0.29, 0.717) is 68.8 Å². The minimum atomic E-state index is -0.993. The van der Waals surface area contributed by atoms with Crippen LogP contribution in [0.5, 0.6) is 0 Å². The molecule has 8 N–H and O–H groups in total. The van der Waals surface area contributed by atoms with Gasteiger partial charge in [-0.05, 0) is 222 Å². The minimum Gasteiger partial charge on any atom is -0.478 e. The summed E-state index contributed by atoms with van der Waals surface area (Å²) in [5.74, 6) is -0.0188. The van der Waals surface area contributed by atoms with Gasteiger partial charge in [-0.25, -0.2) is 14.8 Å². The van der Waals surface area contributed by atoms with Crippen LogP contribution in [0, 0.1) is 13.8 Å². The van der Waals surface area contributed by atoms with Gasteiger partial charge in [-0.1, -0.05) is 0 Å². The number of aromatic nitrogens is 4. The van der Waals surface area contributed by atoms with Crippen molar-refractivity contribution in [3.05, 3.63) is 165 Å². The van der Waals surface area contributed by atoms with E-state index in [0.717, 1.165) is 91.2 Å². The summed E-state index contributed by atoms with van der Waals surface area (Å²) in [6.45, 7) is 10.9. The Hall–Kier alpha value is -7.80. The Kier molecular flexibility index (Phi) is 18.7. The van der Waals surface area contributed by atoms with Gasteiger partial charge in [-0.2, -0.15) is 0 Å². The number of fused-ring (bicyclic) bond motifs is 2. The Balaban J connectivity index is 0.000000185. The Morgan fingerprint density at radius 2 is 1.06 bits per heavy atom. The smallest absolute Gasteiger partial charge is 0.337 e. The highest BCUT2D eigenvalue weighted by Gasteiger charge is 2.30.